The van der Waals surface area contributed by atoms with Crippen LogP contribution in [0.4, 0.5) is 14.9 Å². The number of aromatic nitrogens is 2. The lowest BCUT2D eigenvalue weighted by molar-refractivity contribution is 0.0635. The minimum Gasteiger partial charge on any atom is -0.444 e. The maximum atomic E-state index is 13.3. The first-order valence-electron chi connectivity index (χ1n) is 9.00. The van der Waals surface area contributed by atoms with Crippen LogP contribution in [0.2, 0.25) is 0 Å². The second-order valence-electron chi connectivity index (χ2n) is 7.35. The van der Waals surface area contributed by atoms with Crippen LogP contribution in [0.25, 0.3) is 16.8 Å². The van der Waals surface area contributed by atoms with Crippen molar-refractivity contribution in [2.75, 3.05) is 5.32 Å². The van der Waals surface area contributed by atoms with E-state index in [1.54, 1.807) is 58.2 Å². The average molecular weight is 383 g/mol. The Morgan fingerprint density at radius 1 is 1.18 bits per heavy atom. The van der Waals surface area contributed by atoms with Crippen molar-refractivity contribution in [3.8, 4) is 11.3 Å². The molecule has 28 heavy (non-hydrogen) atoms. The fourth-order valence-corrected chi connectivity index (χ4v) is 2.87. The van der Waals surface area contributed by atoms with Crippen LogP contribution < -0.4 is 5.32 Å². The quantitative estimate of drug-likeness (QED) is 0.638. The van der Waals surface area contributed by atoms with Gasteiger partial charge in [0.15, 0.2) is 5.78 Å². The Bertz CT molecular complexity index is 1030. The zero-order valence-electron chi connectivity index (χ0n) is 16.2. The zero-order valence-corrected chi connectivity index (χ0v) is 16.2. The maximum Gasteiger partial charge on any atom is 0.412 e. The Balaban J connectivity index is 2.15. The molecule has 0 aliphatic heterocycles. The molecule has 6 nitrogen and oxygen atoms in total. The van der Waals surface area contributed by atoms with Crippen molar-refractivity contribution in [2.24, 2.45) is 0 Å². The molecule has 1 aromatic carbocycles. The standard InChI is InChI=1S/C21H22FN3O3/c1-5-16(26)17-18(13-8-10-14(22)11-9-13)24-25-12-6-7-15(19(17)25)23-20(27)28-21(2,3)4/h6-12H,5H2,1-4H3,(H,23,27). The van der Waals surface area contributed by atoms with Gasteiger partial charge in [-0.15, -0.1) is 0 Å². The number of carbonyl (C=O) groups is 2. The van der Waals surface area contributed by atoms with Crippen LogP contribution >= 0.6 is 0 Å². The summed E-state index contributed by atoms with van der Waals surface area (Å²) in [6.07, 6.45) is 1.32. The molecular weight excluding hydrogens is 361 g/mol. The monoisotopic (exact) mass is 383 g/mol. The Morgan fingerprint density at radius 2 is 1.86 bits per heavy atom. The van der Waals surface area contributed by atoms with Gasteiger partial charge in [-0.3, -0.25) is 10.1 Å². The number of ketones is 1. The van der Waals surface area contributed by atoms with Gasteiger partial charge in [-0.2, -0.15) is 5.10 Å². The first-order chi connectivity index (χ1) is 13.2. The number of rotatable bonds is 4. The lowest BCUT2D eigenvalue weighted by atomic mass is 10.0. The molecule has 0 aliphatic rings. The minimum atomic E-state index is -0.656. The lowest BCUT2D eigenvalue weighted by Gasteiger charge is -2.20. The molecule has 0 aliphatic carbocycles. The van der Waals surface area contributed by atoms with E-state index in [0.29, 0.717) is 28.0 Å². The fourth-order valence-electron chi connectivity index (χ4n) is 2.87. The van der Waals surface area contributed by atoms with Crippen LogP contribution in [0.1, 0.15) is 44.5 Å². The van der Waals surface area contributed by atoms with Crippen molar-refractivity contribution in [3.63, 3.8) is 0 Å². The van der Waals surface area contributed by atoms with Gasteiger partial charge in [-0.1, -0.05) is 6.92 Å². The van der Waals surface area contributed by atoms with Crippen molar-refractivity contribution >= 4 is 23.1 Å². The van der Waals surface area contributed by atoms with Crippen LogP contribution in [0.15, 0.2) is 42.6 Å². The Morgan fingerprint density at radius 3 is 2.46 bits per heavy atom. The van der Waals surface area contributed by atoms with E-state index in [2.05, 4.69) is 10.4 Å². The first-order valence-corrected chi connectivity index (χ1v) is 9.00. The molecule has 3 aromatic rings. The number of nitrogens with zero attached hydrogens (tertiary/aromatic N) is 2. The van der Waals surface area contributed by atoms with Gasteiger partial charge in [0.05, 0.1) is 11.3 Å². The first kappa shape index (κ1) is 19.5. The maximum absolute atomic E-state index is 13.3. The van der Waals surface area contributed by atoms with Gasteiger partial charge < -0.3 is 4.74 Å². The molecule has 7 heteroatoms. The van der Waals surface area contributed by atoms with Crippen molar-refractivity contribution in [3.05, 3.63) is 54.0 Å². The second kappa shape index (κ2) is 7.42. The van der Waals surface area contributed by atoms with Crippen LogP contribution in [-0.2, 0) is 4.74 Å². The predicted molar refractivity (Wildman–Crippen MR) is 105 cm³/mol. The summed E-state index contributed by atoms with van der Waals surface area (Å²) in [6, 6.07) is 9.18. The van der Waals surface area contributed by atoms with E-state index < -0.39 is 11.7 Å². The third-order valence-electron chi connectivity index (χ3n) is 4.01. The van der Waals surface area contributed by atoms with Crippen molar-refractivity contribution in [1.29, 1.82) is 0 Å². The number of hydrogen-bond acceptors (Lipinski definition) is 4. The zero-order chi connectivity index (χ0) is 20.5. The number of pyridine rings is 1. The van der Waals surface area contributed by atoms with Gasteiger partial charge in [0.1, 0.15) is 22.6 Å². The summed E-state index contributed by atoms with van der Waals surface area (Å²) in [7, 11) is 0. The molecule has 3 rings (SSSR count). The van der Waals surface area contributed by atoms with E-state index in [-0.39, 0.29) is 18.0 Å². The molecular formula is C21H22FN3O3. The molecule has 2 aromatic heterocycles. The van der Waals surface area contributed by atoms with Crippen molar-refractivity contribution in [1.82, 2.24) is 9.61 Å². The van der Waals surface area contributed by atoms with Gasteiger partial charge in [0.2, 0.25) is 0 Å². The van der Waals surface area contributed by atoms with Crippen LogP contribution in [0, 0.1) is 5.82 Å². The number of ether oxygens (including phenoxy) is 1. The molecule has 0 fully saturated rings. The Kier molecular flexibility index (Phi) is 5.18. The third kappa shape index (κ3) is 4.03. The van der Waals surface area contributed by atoms with Crippen LogP contribution in [0.3, 0.4) is 0 Å². The summed E-state index contributed by atoms with van der Waals surface area (Å²) in [4.78, 5) is 25.0. The minimum absolute atomic E-state index is 0.132. The summed E-state index contributed by atoms with van der Waals surface area (Å²) in [5.74, 6) is -0.504. The summed E-state index contributed by atoms with van der Waals surface area (Å²) in [5.41, 5.74) is 1.65. The molecule has 0 radical (unpaired) electrons. The molecule has 0 bridgehead atoms. The fraction of sp³-hybridized carbons (Fsp3) is 0.286. The number of halogens is 1. The molecule has 2 heterocycles. The van der Waals surface area contributed by atoms with E-state index in [1.165, 1.54) is 16.6 Å². The number of carbonyl (C=O) groups excluding carboxylic acids is 2. The molecule has 0 saturated heterocycles. The number of benzene rings is 1. The summed E-state index contributed by atoms with van der Waals surface area (Å²) in [5, 5.41) is 7.21. The summed E-state index contributed by atoms with van der Waals surface area (Å²) in [6.45, 7) is 7.06. The highest BCUT2D eigenvalue weighted by atomic mass is 19.1. The van der Waals surface area contributed by atoms with E-state index in [4.69, 9.17) is 4.74 Å². The highest BCUT2D eigenvalue weighted by molar-refractivity contribution is 6.11. The smallest absolute Gasteiger partial charge is 0.412 e. The van der Waals surface area contributed by atoms with Crippen LogP contribution in [0.5, 0.6) is 0 Å². The molecule has 0 atom stereocenters. The van der Waals surface area contributed by atoms with Gasteiger partial charge in [-0.25, -0.2) is 13.7 Å². The number of amides is 1. The summed E-state index contributed by atoms with van der Waals surface area (Å²) < 4.78 is 20.2. The van der Waals surface area contributed by atoms with Crippen molar-refractivity contribution < 1.29 is 18.7 Å². The molecule has 1 N–H and O–H groups in total. The van der Waals surface area contributed by atoms with E-state index in [1.807, 2.05) is 0 Å². The highest BCUT2D eigenvalue weighted by Crippen LogP contribution is 2.31. The molecule has 0 saturated carbocycles. The van der Waals surface area contributed by atoms with E-state index in [0.717, 1.165) is 0 Å². The highest BCUT2D eigenvalue weighted by Gasteiger charge is 2.24. The van der Waals surface area contributed by atoms with E-state index in [9.17, 15) is 14.0 Å². The number of anilines is 1. The van der Waals surface area contributed by atoms with Gasteiger partial charge in [-0.05, 0) is 57.2 Å². The third-order valence-corrected chi connectivity index (χ3v) is 4.01. The van der Waals surface area contributed by atoms with Crippen LogP contribution in [-0.4, -0.2) is 27.1 Å². The number of Topliss-reactive ketones (excluding diaryl/α,β-unsaturated/α-hetero) is 1. The summed E-state index contributed by atoms with van der Waals surface area (Å²) >= 11 is 0. The average Bonchev–Trinajstić information content (AvgIpc) is 3.00. The molecule has 0 unspecified atom stereocenters. The van der Waals surface area contributed by atoms with E-state index >= 15 is 0 Å². The second-order valence-corrected chi connectivity index (χ2v) is 7.35. The number of hydrogen-bond donors (Lipinski definition) is 1. The normalized spacial score (nSPS) is 11.5. The SMILES string of the molecule is CCC(=O)c1c(-c2ccc(F)cc2)nn2cccc(NC(=O)OC(C)(C)C)c12. The molecule has 146 valence electrons. The Hall–Kier alpha value is -3.22. The van der Waals surface area contributed by atoms with Gasteiger partial charge >= 0.3 is 6.09 Å². The van der Waals surface area contributed by atoms with Gasteiger partial charge in [0.25, 0.3) is 0 Å². The van der Waals surface area contributed by atoms with Crippen molar-refractivity contribution in [2.45, 2.75) is 39.7 Å². The largest absolute Gasteiger partial charge is 0.444 e. The Labute approximate surface area is 162 Å². The number of nitrogens with one attached hydrogen (secondary N) is 1. The lowest BCUT2D eigenvalue weighted by Crippen LogP contribution is -2.27. The molecule has 1 amide bonds. The predicted octanol–water partition coefficient (Wildman–Crippen LogP) is 5.08. The number of fused-ring (bicyclic) bond motifs is 1. The van der Waals surface area contributed by atoms with Gasteiger partial charge in [0, 0.05) is 18.2 Å². The topological polar surface area (TPSA) is 72.7 Å². The molecule has 0 spiro atoms.